The number of fused-ring (bicyclic) bond motifs is 3. The van der Waals surface area contributed by atoms with Crippen LogP contribution in [0, 0.1) is 11.7 Å². The van der Waals surface area contributed by atoms with Crippen LogP contribution in [0.2, 0.25) is 0 Å². The highest BCUT2D eigenvalue weighted by molar-refractivity contribution is 5.54. The number of nitrogens with zero attached hydrogens (tertiary/aromatic N) is 1. The van der Waals surface area contributed by atoms with E-state index in [1.165, 1.54) is 12.1 Å². The summed E-state index contributed by atoms with van der Waals surface area (Å²) in [5.41, 5.74) is 1.95. The van der Waals surface area contributed by atoms with E-state index in [-0.39, 0.29) is 11.9 Å². The van der Waals surface area contributed by atoms with Gasteiger partial charge in [-0.25, -0.2) is 4.39 Å². The first kappa shape index (κ1) is 10.8. The van der Waals surface area contributed by atoms with E-state index in [1.54, 1.807) is 12.1 Å². The molecule has 2 bridgehead atoms. The van der Waals surface area contributed by atoms with Crippen LogP contribution in [0.5, 0.6) is 0 Å². The molecule has 1 aromatic carbocycles. The Balaban J connectivity index is 1.90. The van der Waals surface area contributed by atoms with Crippen molar-refractivity contribution in [2.45, 2.75) is 18.9 Å². The van der Waals surface area contributed by atoms with Crippen molar-refractivity contribution in [1.82, 2.24) is 4.90 Å². The Hall–Kier alpha value is -1.35. The lowest BCUT2D eigenvalue weighted by Gasteiger charge is -2.45. The Morgan fingerprint density at radius 2 is 1.82 bits per heavy atom. The third-order valence-corrected chi connectivity index (χ3v) is 3.84. The predicted molar refractivity (Wildman–Crippen MR) is 64.7 cm³/mol. The number of benzene rings is 1. The lowest BCUT2D eigenvalue weighted by atomic mass is 9.83. The molecule has 2 nitrogen and oxygen atoms in total. The average Bonchev–Trinajstić information content (AvgIpc) is 2.37. The van der Waals surface area contributed by atoms with Gasteiger partial charge in [0.05, 0.1) is 6.10 Å². The van der Waals surface area contributed by atoms with Crippen molar-refractivity contribution >= 4 is 6.08 Å². The molecule has 0 amide bonds. The summed E-state index contributed by atoms with van der Waals surface area (Å²) in [6, 6.07) is 6.40. The smallest absolute Gasteiger partial charge is 0.123 e. The highest BCUT2D eigenvalue weighted by Gasteiger charge is 2.36. The van der Waals surface area contributed by atoms with Crippen LogP contribution in [0.4, 0.5) is 4.39 Å². The molecule has 0 aromatic heterocycles. The quantitative estimate of drug-likeness (QED) is 0.804. The minimum atomic E-state index is -0.345. The maximum Gasteiger partial charge on any atom is 0.123 e. The summed E-state index contributed by atoms with van der Waals surface area (Å²) in [4.78, 5) is 2.24. The van der Waals surface area contributed by atoms with E-state index in [1.807, 2.05) is 6.08 Å². The molecule has 3 aliphatic rings. The first-order valence-corrected chi connectivity index (χ1v) is 6.14. The number of hydrogen-bond donors (Lipinski definition) is 1. The van der Waals surface area contributed by atoms with Gasteiger partial charge in [0.15, 0.2) is 0 Å². The van der Waals surface area contributed by atoms with Gasteiger partial charge in [0.25, 0.3) is 0 Å². The molecule has 17 heavy (non-hydrogen) atoms. The number of halogens is 1. The normalized spacial score (nSPS) is 30.0. The molecule has 3 heterocycles. The fourth-order valence-corrected chi connectivity index (χ4v) is 2.81. The zero-order chi connectivity index (χ0) is 11.8. The lowest BCUT2D eigenvalue weighted by molar-refractivity contribution is 0.0215. The number of aliphatic hydroxyl groups is 1. The standard InChI is InChI=1S/C14H16FNO/c15-12-3-1-10(2-4-12)9-13-14(17)11-5-7-16(13)8-6-11/h1-4,9,11,14,17H,5-8H2/b13-9-. The molecule has 3 aliphatic heterocycles. The summed E-state index contributed by atoms with van der Waals surface area (Å²) in [5, 5.41) is 10.2. The fourth-order valence-electron chi connectivity index (χ4n) is 2.81. The molecular weight excluding hydrogens is 217 g/mol. The molecule has 3 heteroatoms. The average molecular weight is 233 g/mol. The van der Waals surface area contributed by atoms with Gasteiger partial charge in [-0.15, -0.1) is 0 Å². The fraction of sp³-hybridized carbons (Fsp3) is 0.429. The highest BCUT2D eigenvalue weighted by atomic mass is 19.1. The Morgan fingerprint density at radius 3 is 2.41 bits per heavy atom. The van der Waals surface area contributed by atoms with E-state index in [0.29, 0.717) is 5.92 Å². The summed E-state index contributed by atoms with van der Waals surface area (Å²) in [7, 11) is 0. The Labute approximate surface area is 100 Å². The second kappa shape index (κ2) is 4.15. The van der Waals surface area contributed by atoms with Gasteiger partial charge in [0.2, 0.25) is 0 Å². The van der Waals surface area contributed by atoms with Crippen molar-refractivity contribution in [1.29, 1.82) is 0 Å². The maximum absolute atomic E-state index is 12.8. The van der Waals surface area contributed by atoms with Crippen LogP contribution >= 0.6 is 0 Å². The van der Waals surface area contributed by atoms with Crippen molar-refractivity contribution < 1.29 is 9.50 Å². The van der Waals surface area contributed by atoms with Crippen molar-refractivity contribution in [2.24, 2.45) is 5.92 Å². The minimum Gasteiger partial charge on any atom is -0.387 e. The van der Waals surface area contributed by atoms with Crippen molar-refractivity contribution in [3.05, 3.63) is 41.3 Å². The van der Waals surface area contributed by atoms with Crippen LogP contribution < -0.4 is 0 Å². The van der Waals surface area contributed by atoms with Gasteiger partial charge in [-0.2, -0.15) is 0 Å². The van der Waals surface area contributed by atoms with E-state index >= 15 is 0 Å². The molecule has 0 radical (unpaired) electrons. The van der Waals surface area contributed by atoms with Gasteiger partial charge in [-0.3, -0.25) is 0 Å². The molecule has 3 fully saturated rings. The van der Waals surface area contributed by atoms with Gasteiger partial charge >= 0.3 is 0 Å². The number of hydrogen-bond acceptors (Lipinski definition) is 2. The first-order chi connectivity index (χ1) is 8.24. The number of piperidine rings is 3. The molecule has 1 unspecified atom stereocenters. The zero-order valence-corrected chi connectivity index (χ0v) is 9.64. The van der Waals surface area contributed by atoms with Crippen LogP contribution in [0.3, 0.4) is 0 Å². The van der Waals surface area contributed by atoms with Crippen molar-refractivity contribution in [3.8, 4) is 0 Å². The first-order valence-electron chi connectivity index (χ1n) is 6.14. The van der Waals surface area contributed by atoms with E-state index in [9.17, 15) is 9.50 Å². The van der Waals surface area contributed by atoms with Gasteiger partial charge in [-0.1, -0.05) is 12.1 Å². The molecule has 0 aliphatic carbocycles. The van der Waals surface area contributed by atoms with Crippen LogP contribution in [-0.2, 0) is 0 Å². The third-order valence-electron chi connectivity index (χ3n) is 3.84. The highest BCUT2D eigenvalue weighted by Crippen LogP contribution is 2.35. The summed E-state index contributed by atoms with van der Waals surface area (Å²) in [5.74, 6) is 0.185. The molecule has 1 N–H and O–H groups in total. The van der Waals surface area contributed by atoms with E-state index in [0.717, 1.165) is 37.2 Å². The van der Waals surface area contributed by atoms with Crippen LogP contribution in [0.25, 0.3) is 6.08 Å². The topological polar surface area (TPSA) is 23.5 Å². The molecule has 0 saturated carbocycles. The Kier molecular flexibility index (Phi) is 2.63. The summed E-state index contributed by atoms with van der Waals surface area (Å²) >= 11 is 0. The summed E-state index contributed by atoms with van der Waals surface area (Å²) in [6.45, 7) is 2.07. The number of rotatable bonds is 1. The molecule has 90 valence electrons. The second-order valence-electron chi connectivity index (χ2n) is 4.89. The second-order valence-corrected chi connectivity index (χ2v) is 4.89. The molecular formula is C14H16FNO. The van der Waals surface area contributed by atoms with E-state index in [2.05, 4.69) is 4.90 Å². The lowest BCUT2D eigenvalue weighted by Crippen LogP contribution is -2.48. The van der Waals surface area contributed by atoms with Crippen molar-refractivity contribution in [2.75, 3.05) is 13.1 Å². The van der Waals surface area contributed by atoms with Crippen LogP contribution in [-0.4, -0.2) is 29.2 Å². The molecule has 1 atom stereocenters. The Morgan fingerprint density at radius 1 is 1.18 bits per heavy atom. The van der Waals surface area contributed by atoms with Gasteiger partial charge in [-0.05, 0) is 42.5 Å². The van der Waals surface area contributed by atoms with Gasteiger partial charge in [0.1, 0.15) is 5.82 Å². The van der Waals surface area contributed by atoms with E-state index < -0.39 is 0 Å². The minimum absolute atomic E-state index is 0.224. The monoisotopic (exact) mass is 233 g/mol. The van der Waals surface area contributed by atoms with Crippen LogP contribution in [0.1, 0.15) is 18.4 Å². The summed E-state index contributed by atoms with van der Waals surface area (Å²) in [6.07, 6.45) is 3.81. The van der Waals surface area contributed by atoms with Crippen molar-refractivity contribution in [3.63, 3.8) is 0 Å². The van der Waals surface area contributed by atoms with Crippen LogP contribution in [0.15, 0.2) is 30.0 Å². The zero-order valence-electron chi connectivity index (χ0n) is 9.64. The molecule has 1 aromatic rings. The SMILES string of the molecule is OC1/C(=C/c2ccc(F)cc2)N2CCC1CC2. The molecule has 4 rings (SSSR count). The third kappa shape index (κ3) is 1.95. The maximum atomic E-state index is 12.8. The molecule has 0 spiro atoms. The summed E-state index contributed by atoms with van der Waals surface area (Å²) < 4.78 is 12.8. The Bertz CT molecular complexity index is 428. The van der Waals surface area contributed by atoms with Gasteiger partial charge < -0.3 is 10.0 Å². The largest absolute Gasteiger partial charge is 0.387 e. The predicted octanol–water partition coefficient (Wildman–Crippen LogP) is 2.25. The van der Waals surface area contributed by atoms with Gasteiger partial charge in [0, 0.05) is 18.8 Å². The van der Waals surface area contributed by atoms with E-state index in [4.69, 9.17) is 0 Å². The molecule has 3 saturated heterocycles. The number of aliphatic hydroxyl groups excluding tert-OH is 1.